The summed E-state index contributed by atoms with van der Waals surface area (Å²) in [7, 11) is 0. The minimum absolute atomic E-state index is 0.00476. The summed E-state index contributed by atoms with van der Waals surface area (Å²) >= 11 is 0. The van der Waals surface area contributed by atoms with Crippen molar-refractivity contribution in [2.24, 2.45) is 0 Å². The van der Waals surface area contributed by atoms with Gasteiger partial charge in [-0.05, 0) is 36.2 Å². The van der Waals surface area contributed by atoms with E-state index in [1.807, 2.05) is 19.1 Å². The monoisotopic (exact) mass is 296 g/mol. The molecule has 2 rings (SSSR count). The van der Waals surface area contributed by atoms with Crippen LogP contribution in [0.4, 0.5) is 13.2 Å². The van der Waals surface area contributed by atoms with E-state index in [0.29, 0.717) is 6.54 Å². The zero-order valence-corrected chi connectivity index (χ0v) is 11.4. The molecule has 0 amide bonds. The fourth-order valence-corrected chi connectivity index (χ4v) is 1.85. The molecule has 0 aliphatic heterocycles. The second-order valence-electron chi connectivity index (χ2n) is 4.58. The quantitative estimate of drug-likeness (QED) is 0.910. The number of halogens is 3. The van der Waals surface area contributed by atoms with E-state index in [1.165, 1.54) is 12.1 Å². The van der Waals surface area contributed by atoms with E-state index in [9.17, 15) is 13.2 Å². The maximum absolute atomic E-state index is 12.1. The fraction of sp³-hybridized carbons (Fsp3) is 0.267. The molecule has 1 aromatic heterocycles. The number of hydrogen-bond acceptors (Lipinski definition) is 3. The molecular weight excluding hydrogens is 281 g/mol. The lowest BCUT2D eigenvalue weighted by Gasteiger charge is -2.15. The topological polar surface area (TPSA) is 34.2 Å². The summed E-state index contributed by atoms with van der Waals surface area (Å²) < 4.78 is 40.0. The van der Waals surface area contributed by atoms with Gasteiger partial charge in [0.2, 0.25) is 0 Å². The summed E-state index contributed by atoms with van der Waals surface area (Å²) in [6, 6.07) is 9.66. The van der Waals surface area contributed by atoms with Crippen LogP contribution >= 0.6 is 0 Å². The minimum Gasteiger partial charge on any atom is -0.406 e. The number of pyridine rings is 1. The maximum atomic E-state index is 12.1. The van der Waals surface area contributed by atoms with E-state index in [0.717, 1.165) is 11.1 Å². The van der Waals surface area contributed by atoms with Gasteiger partial charge in [0.25, 0.3) is 0 Å². The number of rotatable bonds is 5. The van der Waals surface area contributed by atoms with Gasteiger partial charge in [-0.1, -0.05) is 18.2 Å². The van der Waals surface area contributed by atoms with Gasteiger partial charge in [0.1, 0.15) is 5.75 Å². The number of nitrogens with zero attached hydrogens (tertiary/aromatic N) is 1. The first-order chi connectivity index (χ1) is 9.94. The van der Waals surface area contributed by atoms with Gasteiger partial charge in [-0.3, -0.25) is 4.98 Å². The normalized spacial score (nSPS) is 13.0. The van der Waals surface area contributed by atoms with E-state index in [4.69, 9.17) is 0 Å². The van der Waals surface area contributed by atoms with Crippen molar-refractivity contribution >= 4 is 0 Å². The van der Waals surface area contributed by atoms with Crippen molar-refractivity contribution in [3.05, 3.63) is 59.9 Å². The average molecular weight is 296 g/mol. The third kappa shape index (κ3) is 5.07. The van der Waals surface area contributed by atoms with Crippen LogP contribution < -0.4 is 10.1 Å². The van der Waals surface area contributed by atoms with Crippen LogP contribution in [-0.2, 0) is 6.54 Å². The SMILES string of the molecule is CC(NCc1cccnc1)c1ccc(OC(F)(F)F)cc1. The molecule has 2 aromatic rings. The molecule has 3 nitrogen and oxygen atoms in total. The highest BCUT2D eigenvalue weighted by molar-refractivity contribution is 5.29. The molecule has 0 aliphatic carbocycles. The molecule has 0 saturated carbocycles. The predicted molar refractivity (Wildman–Crippen MR) is 72.6 cm³/mol. The Morgan fingerprint density at radius 1 is 1.19 bits per heavy atom. The first kappa shape index (κ1) is 15.3. The van der Waals surface area contributed by atoms with Crippen molar-refractivity contribution in [1.29, 1.82) is 0 Å². The molecule has 6 heteroatoms. The zero-order valence-electron chi connectivity index (χ0n) is 11.4. The maximum Gasteiger partial charge on any atom is 0.573 e. The van der Waals surface area contributed by atoms with E-state index < -0.39 is 6.36 Å². The molecule has 1 N–H and O–H groups in total. The van der Waals surface area contributed by atoms with Crippen LogP contribution in [0, 0.1) is 0 Å². The van der Waals surface area contributed by atoms with Gasteiger partial charge < -0.3 is 10.1 Å². The highest BCUT2D eigenvalue weighted by Crippen LogP contribution is 2.24. The second kappa shape index (κ2) is 6.58. The van der Waals surface area contributed by atoms with Gasteiger partial charge in [0.05, 0.1) is 0 Å². The zero-order chi connectivity index (χ0) is 15.3. The summed E-state index contributed by atoms with van der Waals surface area (Å²) in [5, 5.41) is 3.28. The Bertz CT molecular complexity index is 555. The molecule has 1 heterocycles. The second-order valence-corrected chi connectivity index (χ2v) is 4.58. The predicted octanol–water partition coefficient (Wildman–Crippen LogP) is 3.83. The van der Waals surface area contributed by atoms with Crippen LogP contribution in [0.2, 0.25) is 0 Å². The number of aromatic nitrogens is 1. The molecule has 0 fully saturated rings. The fourth-order valence-electron chi connectivity index (χ4n) is 1.85. The van der Waals surface area contributed by atoms with Crippen LogP contribution in [0.1, 0.15) is 24.1 Å². The Balaban J connectivity index is 1.92. The van der Waals surface area contributed by atoms with Crippen molar-refractivity contribution in [2.45, 2.75) is 25.9 Å². The van der Waals surface area contributed by atoms with Crippen LogP contribution in [0.15, 0.2) is 48.8 Å². The van der Waals surface area contributed by atoms with Crippen LogP contribution in [0.25, 0.3) is 0 Å². The van der Waals surface area contributed by atoms with Crippen molar-refractivity contribution in [3.8, 4) is 5.75 Å². The summed E-state index contributed by atoms with van der Waals surface area (Å²) in [4.78, 5) is 4.02. The van der Waals surface area contributed by atoms with E-state index in [1.54, 1.807) is 24.5 Å². The summed E-state index contributed by atoms with van der Waals surface area (Å²) in [6.45, 7) is 2.58. The van der Waals surface area contributed by atoms with Crippen molar-refractivity contribution in [2.75, 3.05) is 0 Å². The number of benzene rings is 1. The molecule has 0 saturated heterocycles. The average Bonchev–Trinajstić information content (AvgIpc) is 2.45. The molecule has 0 bridgehead atoms. The number of nitrogens with one attached hydrogen (secondary N) is 1. The highest BCUT2D eigenvalue weighted by Gasteiger charge is 2.30. The van der Waals surface area contributed by atoms with Gasteiger partial charge in [-0.15, -0.1) is 13.2 Å². The molecule has 1 atom stereocenters. The molecule has 21 heavy (non-hydrogen) atoms. The Hall–Kier alpha value is -2.08. The van der Waals surface area contributed by atoms with E-state index >= 15 is 0 Å². The summed E-state index contributed by atoms with van der Waals surface area (Å²) in [6.07, 6.45) is -1.20. The lowest BCUT2D eigenvalue weighted by molar-refractivity contribution is -0.274. The standard InChI is InChI=1S/C15H15F3N2O/c1-11(20-10-12-3-2-8-19-9-12)13-4-6-14(7-5-13)21-15(16,17)18/h2-9,11,20H,10H2,1H3. The van der Waals surface area contributed by atoms with Gasteiger partial charge in [-0.2, -0.15) is 0 Å². The van der Waals surface area contributed by atoms with E-state index in [2.05, 4.69) is 15.0 Å². The molecule has 1 aromatic carbocycles. The van der Waals surface area contributed by atoms with Crippen molar-refractivity contribution in [1.82, 2.24) is 10.3 Å². The van der Waals surface area contributed by atoms with Gasteiger partial charge in [0, 0.05) is 25.0 Å². The lowest BCUT2D eigenvalue weighted by atomic mass is 10.1. The summed E-state index contributed by atoms with van der Waals surface area (Å²) in [5.74, 6) is -0.217. The van der Waals surface area contributed by atoms with Gasteiger partial charge in [-0.25, -0.2) is 0 Å². The van der Waals surface area contributed by atoms with Crippen LogP contribution in [0.5, 0.6) is 5.75 Å². The van der Waals surface area contributed by atoms with Gasteiger partial charge >= 0.3 is 6.36 Å². The first-order valence-corrected chi connectivity index (χ1v) is 6.42. The van der Waals surface area contributed by atoms with Crippen molar-refractivity contribution < 1.29 is 17.9 Å². The lowest BCUT2D eigenvalue weighted by Crippen LogP contribution is -2.19. The Labute approximate surface area is 120 Å². The highest BCUT2D eigenvalue weighted by atomic mass is 19.4. The first-order valence-electron chi connectivity index (χ1n) is 6.42. The van der Waals surface area contributed by atoms with Crippen molar-refractivity contribution in [3.63, 3.8) is 0 Å². The molecule has 1 unspecified atom stereocenters. The number of ether oxygens (including phenoxy) is 1. The number of alkyl halides is 3. The molecule has 0 radical (unpaired) electrons. The molecule has 0 aliphatic rings. The minimum atomic E-state index is -4.66. The smallest absolute Gasteiger partial charge is 0.406 e. The Morgan fingerprint density at radius 2 is 1.90 bits per heavy atom. The Kier molecular flexibility index (Phi) is 4.80. The van der Waals surface area contributed by atoms with Crippen LogP contribution in [-0.4, -0.2) is 11.3 Å². The molecule has 0 spiro atoms. The molecule has 112 valence electrons. The van der Waals surface area contributed by atoms with Crippen LogP contribution in [0.3, 0.4) is 0 Å². The Morgan fingerprint density at radius 3 is 2.48 bits per heavy atom. The summed E-state index contributed by atoms with van der Waals surface area (Å²) in [5.41, 5.74) is 1.93. The number of hydrogen-bond donors (Lipinski definition) is 1. The molecular formula is C15H15F3N2O. The third-order valence-electron chi connectivity index (χ3n) is 2.95. The van der Waals surface area contributed by atoms with Gasteiger partial charge in [0.15, 0.2) is 0 Å². The third-order valence-corrected chi connectivity index (χ3v) is 2.95. The van der Waals surface area contributed by atoms with E-state index in [-0.39, 0.29) is 11.8 Å². The largest absolute Gasteiger partial charge is 0.573 e.